The van der Waals surface area contributed by atoms with Crippen LogP contribution in [-0.4, -0.2) is 0 Å². The van der Waals surface area contributed by atoms with Gasteiger partial charge in [0, 0.05) is 16.4 Å². The van der Waals surface area contributed by atoms with Crippen LogP contribution < -0.4 is 5.32 Å². The van der Waals surface area contributed by atoms with Crippen LogP contribution in [0.3, 0.4) is 0 Å². The van der Waals surface area contributed by atoms with Gasteiger partial charge in [-0.2, -0.15) is 0 Å². The lowest BCUT2D eigenvalue weighted by Gasteiger charge is -2.38. The Balaban J connectivity index is 1.90. The summed E-state index contributed by atoms with van der Waals surface area (Å²) >= 11 is 21.0. The quantitative estimate of drug-likeness (QED) is 0.428. The van der Waals surface area contributed by atoms with E-state index in [1.807, 2.05) is 0 Å². The number of anilines is 1. The second kappa shape index (κ2) is 5.45. The van der Waals surface area contributed by atoms with Crippen molar-refractivity contribution in [3.05, 3.63) is 60.7 Å². The predicted octanol–water partition coefficient (Wildman–Crippen LogP) is 6.84. The first-order valence-electron chi connectivity index (χ1n) is 7.22. The van der Waals surface area contributed by atoms with E-state index in [0.29, 0.717) is 21.0 Å². The van der Waals surface area contributed by atoms with Crippen LogP contribution in [-0.2, 0) is 0 Å². The summed E-state index contributed by atoms with van der Waals surface area (Å²) in [5, 5.41) is 7.58. The number of nitrogens with one attached hydrogen (secondary N) is 1. The maximum absolute atomic E-state index is 6.49. The zero-order chi connectivity index (χ0) is 15.4. The van der Waals surface area contributed by atoms with Gasteiger partial charge in [0.05, 0.1) is 26.8 Å². The Morgan fingerprint density at radius 1 is 1.23 bits per heavy atom. The van der Waals surface area contributed by atoms with E-state index in [4.69, 9.17) is 34.8 Å². The number of halogens is 3. The fourth-order valence-electron chi connectivity index (χ4n) is 3.62. The van der Waals surface area contributed by atoms with E-state index in [1.54, 1.807) is 17.4 Å². The number of hydrogen-bond donors (Lipinski definition) is 1. The number of aryl methyl sites for hydroxylation is 1. The van der Waals surface area contributed by atoms with E-state index >= 15 is 0 Å². The fourth-order valence-corrected chi connectivity index (χ4v) is 5.48. The Morgan fingerprint density at radius 2 is 2.05 bits per heavy atom. The minimum Gasteiger partial charge on any atom is -0.376 e. The Hall–Kier alpha value is -0.670. The Kier molecular flexibility index (Phi) is 3.69. The Bertz CT molecular complexity index is 780. The lowest BCUT2D eigenvalue weighted by Crippen LogP contribution is -2.29. The number of fused-ring (bicyclic) bond motifs is 3. The van der Waals surface area contributed by atoms with Gasteiger partial charge >= 0.3 is 0 Å². The average molecular weight is 371 g/mol. The zero-order valence-corrected chi connectivity index (χ0v) is 15.0. The molecule has 114 valence electrons. The first-order chi connectivity index (χ1) is 10.6. The van der Waals surface area contributed by atoms with Crippen molar-refractivity contribution >= 4 is 51.8 Å². The van der Waals surface area contributed by atoms with Crippen molar-refractivity contribution in [1.82, 2.24) is 0 Å². The van der Waals surface area contributed by atoms with Gasteiger partial charge in [-0.15, -0.1) is 11.3 Å². The van der Waals surface area contributed by atoms with Crippen molar-refractivity contribution in [3.8, 4) is 0 Å². The third-order valence-corrected chi connectivity index (χ3v) is 6.87. The number of thiophene rings is 1. The summed E-state index contributed by atoms with van der Waals surface area (Å²) < 4.78 is 0. The van der Waals surface area contributed by atoms with Crippen molar-refractivity contribution < 1.29 is 0 Å². The van der Waals surface area contributed by atoms with Gasteiger partial charge in [-0.05, 0) is 42.3 Å². The maximum Gasteiger partial charge on any atom is 0.0656 e. The lowest BCUT2D eigenvalue weighted by molar-refractivity contribution is 0.429. The molecule has 1 nitrogen and oxygen atoms in total. The van der Waals surface area contributed by atoms with Gasteiger partial charge in [-0.1, -0.05) is 47.0 Å². The molecule has 0 fully saturated rings. The van der Waals surface area contributed by atoms with Crippen molar-refractivity contribution in [2.24, 2.45) is 5.92 Å². The Labute approximate surface area is 148 Å². The van der Waals surface area contributed by atoms with Gasteiger partial charge in [0.1, 0.15) is 0 Å². The topological polar surface area (TPSA) is 12.0 Å². The molecule has 1 aliphatic heterocycles. The van der Waals surface area contributed by atoms with E-state index < -0.39 is 0 Å². The summed E-state index contributed by atoms with van der Waals surface area (Å²) in [6.45, 7) is 2.16. The van der Waals surface area contributed by atoms with E-state index in [-0.39, 0.29) is 12.0 Å². The predicted molar refractivity (Wildman–Crippen MR) is 96.9 cm³/mol. The van der Waals surface area contributed by atoms with E-state index in [9.17, 15) is 0 Å². The molecule has 3 atom stereocenters. The minimum atomic E-state index is 0.266. The van der Waals surface area contributed by atoms with Crippen molar-refractivity contribution in [3.63, 3.8) is 0 Å². The third-order valence-electron chi connectivity index (χ3n) is 4.67. The van der Waals surface area contributed by atoms with Gasteiger partial charge in [-0.25, -0.2) is 0 Å². The number of rotatable bonds is 1. The van der Waals surface area contributed by atoms with Crippen LogP contribution in [0, 0.1) is 12.8 Å². The molecule has 22 heavy (non-hydrogen) atoms. The van der Waals surface area contributed by atoms with Crippen LogP contribution in [0.15, 0.2) is 29.7 Å². The molecule has 0 saturated carbocycles. The summed E-state index contributed by atoms with van der Waals surface area (Å²) in [6, 6.07) is 4.17. The molecular weight excluding hydrogens is 357 g/mol. The smallest absolute Gasteiger partial charge is 0.0656 e. The first kappa shape index (κ1) is 14.9. The molecule has 1 aromatic heterocycles. The summed E-state index contributed by atoms with van der Waals surface area (Å²) in [4.78, 5) is 1.38. The van der Waals surface area contributed by atoms with Crippen LogP contribution in [0.25, 0.3) is 0 Å². The highest BCUT2D eigenvalue weighted by Gasteiger charge is 2.41. The van der Waals surface area contributed by atoms with Gasteiger partial charge in [-0.3, -0.25) is 0 Å². The van der Waals surface area contributed by atoms with Gasteiger partial charge in [0.25, 0.3) is 0 Å². The van der Waals surface area contributed by atoms with Gasteiger partial charge in [0.2, 0.25) is 0 Å². The molecule has 2 aliphatic rings. The van der Waals surface area contributed by atoms with Gasteiger partial charge in [0.15, 0.2) is 0 Å². The highest BCUT2D eigenvalue weighted by atomic mass is 35.5. The molecule has 3 unspecified atom stereocenters. The maximum atomic E-state index is 6.49. The molecule has 4 rings (SSSR count). The first-order valence-corrected chi connectivity index (χ1v) is 9.24. The van der Waals surface area contributed by atoms with E-state index in [1.165, 1.54) is 10.4 Å². The second-order valence-electron chi connectivity index (χ2n) is 5.89. The molecule has 5 heteroatoms. The van der Waals surface area contributed by atoms with E-state index in [2.05, 4.69) is 35.8 Å². The van der Waals surface area contributed by atoms with Crippen LogP contribution in [0.4, 0.5) is 5.69 Å². The van der Waals surface area contributed by atoms with Crippen molar-refractivity contribution in [2.45, 2.75) is 25.3 Å². The standard InChI is InChI=1S/C17H14Cl3NS/c1-8-5-6-22-17(8)15-10-4-2-3-9(10)13-14(20)11(18)7-12(19)16(13)21-15/h2-3,5-7,9-10,15,21H,4H2,1H3. The largest absolute Gasteiger partial charge is 0.376 e. The monoisotopic (exact) mass is 369 g/mol. The molecule has 1 aliphatic carbocycles. The molecule has 0 radical (unpaired) electrons. The summed E-state index contributed by atoms with van der Waals surface area (Å²) in [7, 11) is 0. The van der Waals surface area contributed by atoms with Crippen LogP contribution in [0.2, 0.25) is 15.1 Å². The third kappa shape index (κ3) is 2.12. The highest BCUT2D eigenvalue weighted by Crippen LogP contribution is 2.55. The zero-order valence-electron chi connectivity index (χ0n) is 11.9. The van der Waals surface area contributed by atoms with Crippen LogP contribution in [0.1, 0.15) is 34.4 Å². The highest BCUT2D eigenvalue weighted by molar-refractivity contribution is 7.10. The molecule has 0 saturated heterocycles. The normalized spacial score (nSPS) is 25.7. The molecule has 0 amide bonds. The fraction of sp³-hybridized carbons (Fsp3) is 0.294. The molecule has 1 aromatic carbocycles. The second-order valence-corrected chi connectivity index (χ2v) is 8.03. The lowest BCUT2D eigenvalue weighted by atomic mass is 9.78. The Morgan fingerprint density at radius 3 is 2.77 bits per heavy atom. The molecule has 2 aromatic rings. The van der Waals surface area contributed by atoms with Crippen LogP contribution >= 0.6 is 46.1 Å². The van der Waals surface area contributed by atoms with Crippen LogP contribution in [0.5, 0.6) is 0 Å². The molecule has 0 spiro atoms. The molecule has 1 N–H and O–H groups in total. The molecule has 2 heterocycles. The number of benzene rings is 1. The number of hydrogen-bond acceptors (Lipinski definition) is 2. The van der Waals surface area contributed by atoms with Crippen molar-refractivity contribution in [1.29, 1.82) is 0 Å². The molecule has 0 bridgehead atoms. The van der Waals surface area contributed by atoms with Crippen molar-refractivity contribution in [2.75, 3.05) is 5.32 Å². The van der Waals surface area contributed by atoms with E-state index in [0.717, 1.165) is 17.7 Å². The van der Waals surface area contributed by atoms with Gasteiger partial charge < -0.3 is 5.32 Å². The molecular formula is C17H14Cl3NS. The SMILES string of the molecule is Cc1ccsc1C1Nc2c(Cl)cc(Cl)c(Cl)c2C2C=CCC21. The average Bonchev–Trinajstić information content (AvgIpc) is 3.12. The summed E-state index contributed by atoms with van der Waals surface area (Å²) in [6.07, 6.45) is 5.53. The summed E-state index contributed by atoms with van der Waals surface area (Å²) in [5.74, 6) is 0.725. The number of allylic oxidation sites excluding steroid dienone is 2. The minimum absolute atomic E-state index is 0.266. The summed E-state index contributed by atoms with van der Waals surface area (Å²) in [5.41, 5.74) is 3.30.